The van der Waals surface area contributed by atoms with Gasteiger partial charge in [-0.1, -0.05) is 31.2 Å². The minimum Gasteiger partial charge on any atom is -0.466 e. The van der Waals surface area contributed by atoms with Crippen LogP contribution in [-0.4, -0.2) is 12.6 Å². The fourth-order valence-electron chi connectivity index (χ4n) is 1.32. The van der Waals surface area contributed by atoms with E-state index in [1.807, 2.05) is 0 Å². The number of allylic oxidation sites excluding steroid dienone is 3. The van der Waals surface area contributed by atoms with Gasteiger partial charge in [-0.25, -0.2) is 0 Å². The lowest BCUT2D eigenvalue weighted by Crippen LogP contribution is -1.98. The molecule has 0 N–H and O–H groups in total. The largest absolute Gasteiger partial charge is 0.466 e. The number of esters is 1. The first-order valence-electron chi connectivity index (χ1n) is 6.20. The Balaban J connectivity index is 3.15. The molecule has 0 amide bonds. The molecule has 0 aliphatic heterocycles. The number of ether oxygens (including phenoxy) is 1. The molecule has 0 saturated heterocycles. The maximum atomic E-state index is 10.5. The molecular formula is C14H24O2. The Hall–Kier alpha value is -1.05. The molecule has 0 aromatic rings. The van der Waals surface area contributed by atoms with Crippen molar-refractivity contribution in [2.24, 2.45) is 0 Å². The molecule has 92 valence electrons. The highest BCUT2D eigenvalue weighted by molar-refractivity contribution is 5.65. The summed E-state index contributed by atoms with van der Waals surface area (Å²) >= 11 is 0. The van der Waals surface area contributed by atoms with E-state index in [4.69, 9.17) is 4.74 Å². The summed E-state index contributed by atoms with van der Waals surface area (Å²) in [4.78, 5) is 10.5. The molecule has 2 nitrogen and oxygen atoms in total. The minimum absolute atomic E-state index is 0.198. The van der Waals surface area contributed by atoms with Crippen molar-refractivity contribution in [2.75, 3.05) is 6.61 Å². The molecule has 0 aliphatic carbocycles. The monoisotopic (exact) mass is 224 g/mol. The maximum Gasteiger partial charge on any atom is 0.302 e. The van der Waals surface area contributed by atoms with Crippen LogP contribution in [0.3, 0.4) is 0 Å². The first kappa shape index (κ1) is 14.9. The molecule has 0 rings (SSSR count). The summed E-state index contributed by atoms with van der Waals surface area (Å²) in [5, 5.41) is 0. The molecule has 0 fully saturated rings. The third kappa shape index (κ3) is 12.9. The third-order valence-electron chi connectivity index (χ3n) is 2.15. The van der Waals surface area contributed by atoms with E-state index in [9.17, 15) is 4.79 Å². The van der Waals surface area contributed by atoms with Crippen LogP contribution in [0.4, 0.5) is 0 Å². The standard InChI is InChI=1S/C14H24O2/c1-3-4-5-6-7-8-9-10-11-12-13-16-14(2)15/h4-5,10-11H,3,6-9,12-13H2,1-2H3/b5-4+,11-10+. The number of hydrogen-bond acceptors (Lipinski definition) is 2. The quantitative estimate of drug-likeness (QED) is 0.336. The molecule has 0 heterocycles. The fourth-order valence-corrected chi connectivity index (χ4v) is 1.32. The summed E-state index contributed by atoms with van der Waals surface area (Å²) in [5.41, 5.74) is 0. The van der Waals surface area contributed by atoms with Gasteiger partial charge in [0.1, 0.15) is 0 Å². The van der Waals surface area contributed by atoms with Crippen LogP contribution in [0.2, 0.25) is 0 Å². The normalized spacial score (nSPS) is 11.4. The van der Waals surface area contributed by atoms with Gasteiger partial charge in [0, 0.05) is 6.92 Å². The summed E-state index contributed by atoms with van der Waals surface area (Å²) in [6.45, 7) is 4.10. The molecule has 0 radical (unpaired) electrons. The molecule has 0 bridgehead atoms. The predicted molar refractivity (Wildman–Crippen MR) is 68.3 cm³/mol. The van der Waals surface area contributed by atoms with Gasteiger partial charge in [-0.2, -0.15) is 0 Å². The molecule has 0 aromatic carbocycles. The van der Waals surface area contributed by atoms with Gasteiger partial charge in [0.2, 0.25) is 0 Å². The maximum absolute atomic E-state index is 10.5. The van der Waals surface area contributed by atoms with Gasteiger partial charge >= 0.3 is 5.97 Å². The molecule has 0 spiro atoms. The second kappa shape index (κ2) is 12.0. The van der Waals surface area contributed by atoms with E-state index in [0.717, 1.165) is 19.3 Å². The number of carbonyl (C=O) groups is 1. The molecule has 16 heavy (non-hydrogen) atoms. The van der Waals surface area contributed by atoms with E-state index in [-0.39, 0.29) is 5.97 Å². The van der Waals surface area contributed by atoms with Crippen molar-refractivity contribution in [1.82, 2.24) is 0 Å². The Bertz CT molecular complexity index is 217. The summed E-state index contributed by atoms with van der Waals surface area (Å²) < 4.78 is 4.81. The van der Waals surface area contributed by atoms with Gasteiger partial charge in [0.05, 0.1) is 6.61 Å². The van der Waals surface area contributed by atoms with Crippen molar-refractivity contribution < 1.29 is 9.53 Å². The Labute approximate surface area is 99.4 Å². The van der Waals surface area contributed by atoms with E-state index in [1.54, 1.807) is 0 Å². The van der Waals surface area contributed by atoms with Crippen molar-refractivity contribution in [3.63, 3.8) is 0 Å². The first-order chi connectivity index (χ1) is 7.77. The van der Waals surface area contributed by atoms with E-state index in [1.165, 1.54) is 26.2 Å². The highest BCUT2D eigenvalue weighted by Crippen LogP contribution is 2.02. The number of hydrogen-bond donors (Lipinski definition) is 0. The Kier molecular flexibility index (Phi) is 11.2. The smallest absolute Gasteiger partial charge is 0.302 e. The van der Waals surface area contributed by atoms with Crippen molar-refractivity contribution >= 4 is 5.97 Å². The summed E-state index contributed by atoms with van der Waals surface area (Å²) in [6, 6.07) is 0. The van der Waals surface area contributed by atoms with Gasteiger partial charge in [0.25, 0.3) is 0 Å². The zero-order valence-corrected chi connectivity index (χ0v) is 10.6. The van der Waals surface area contributed by atoms with Crippen LogP contribution in [0.25, 0.3) is 0 Å². The molecule has 2 heteroatoms. The highest BCUT2D eigenvalue weighted by atomic mass is 16.5. The van der Waals surface area contributed by atoms with Crippen molar-refractivity contribution in [3.05, 3.63) is 24.3 Å². The summed E-state index contributed by atoms with van der Waals surface area (Å²) in [5.74, 6) is -0.198. The molecular weight excluding hydrogens is 200 g/mol. The number of unbranched alkanes of at least 4 members (excludes halogenated alkanes) is 3. The Morgan fingerprint density at radius 2 is 1.56 bits per heavy atom. The zero-order chi connectivity index (χ0) is 12.1. The van der Waals surface area contributed by atoms with Crippen LogP contribution < -0.4 is 0 Å². The van der Waals surface area contributed by atoms with Crippen LogP contribution in [0.1, 0.15) is 52.4 Å². The average Bonchev–Trinajstić information content (AvgIpc) is 2.25. The molecule has 0 unspecified atom stereocenters. The van der Waals surface area contributed by atoms with E-state index >= 15 is 0 Å². The SMILES string of the molecule is CC/C=C/CCCC/C=C/CCOC(C)=O. The predicted octanol–water partition coefficient (Wildman–Crippen LogP) is 4.02. The first-order valence-corrected chi connectivity index (χ1v) is 6.20. The fraction of sp³-hybridized carbons (Fsp3) is 0.643. The van der Waals surface area contributed by atoms with Crippen LogP contribution in [-0.2, 0) is 9.53 Å². The van der Waals surface area contributed by atoms with Crippen molar-refractivity contribution in [3.8, 4) is 0 Å². The summed E-state index contributed by atoms with van der Waals surface area (Å²) in [7, 11) is 0. The summed E-state index contributed by atoms with van der Waals surface area (Å²) in [6.07, 6.45) is 15.5. The van der Waals surface area contributed by atoms with Crippen LogP contribution in [0, 0.1) is 0 Å². The number of carbonyl (C=O) groups excluding carboxylic acids is 1. The Morgan fingerprint density at radius 3 is 2.12 bits per heavy atom. The third-order valence-corrected chi connectivity index (χ3v) is 2.15. The van der Waals surface area contributed by atoms with Crippen molar-refractivity contribution in [2.45, 2.75) is 52.4 Å². The number of rotatable bonds is 9. The molecule has 0 saturated carbocycles. The highest BCUT2D eigenvalue weighted by Gasteiger charge is 1.88. The second-order valence-electron chi connectivity index (χ2n) is 3.76. The van der Waals surface area contributed by atoms with Gasteiger partial charge in [0.15, 0.2) is 0 Å². The van der Waals surface area contributed by atoms with Crippen LogP contribution in [0.5, 0.6) is 0 Å². The van der Waals surface area contributed by atoms with Crippen LogP contribution in [0.15, 0.2) is 24.3 Å². The molecule has 0 aromatic heterocycles. The molecule has 0 atom stereocenters. The van der Waals surface area contributed by atoms with Gasteiger partial charge < -0.3 is 4.74 Å². The van der Waals surface area contributed by atoms with Gasteiger partial charge in [-0.3, -0.25) is 4.79 Å². The Morgan fingerprint density at radius 1 is 1.00 bits per heavy atom. The van der Waals surface area contributed by atoms with Crippen molar-refractivity contribution in [1.29, 1.82) is 0 Å². The lowest BCUT2D eigenvalue weighted by atomic mass is 10.1. The lowest BCUT2D eigenvalue weighted by Gasteiger charge is -1.97. The topological polar surface area (TPSA) is 26.3 Å². The van der Waals surface area contributed by atoms with E-state index in [0.29, 0.717) is 6.61 Å². The minimum atomic E-state index is -0.198. The molecule has 0 aliphatic rings. The van der Waals surface area contributed by atoms with E-state index < -0.39 is 0 Å². The zero-order valence-electron chi connectivity index (χ0n) is 10.6. The average molecular weight is 224 g/mol. The van der Waals surface area contributed by atoms with Crippen LogP contribution >= 0.6 is 0 Å². The lowest BCUT2D eigenvalue weighted by molar-refractivity contribution is -0.140. The second-order valence-corrected chi connectivity index (χ2v) is 3.76. The van der Waals surface area contributed by atoms with Gasteiger partial charge in [-0.05, 0) is 38.5 Å². The van der Waals surface area contributed by atoms with Gasteiger partial charge in [-0.15, -0.1) is 0 Å². The van der Waals surface area contributed by atoms with E-state index in [2.05, 4.69) is 31.2 Å².